The summed E-state index contributed by atoms with van der Waals surface area (Å²) in [6.07, 6.45) is 1.81. The Balaban J connectivity index is 2.55. The monoisotopic (exact) mass is 190 g/mol. The van der Waals surface area contributed by atoms with Gasteiger partial charge in [0.1, 0.15) is 5.52 Å². The number of nitrogens with two attached hydrogens (primary N) is 1. The van der Waals surface area contributed by atoms with E-state index in [0.717, 1.165) is 16.6 Å². The lowest BCUT2D eigenvalue weighted by atomic mass is 10.2. The minimum absolute atomic E-state index is 0.331. The molecule has 0 aliphatic carbocycles. The summed E-state index contributed by atoms with van der Waals surface area (Å²) in [6.45, 7) is 4.12. The molecule has 4 heteroatoms. The van der Waals surface area contributed by atoms with Crippen LogP contribution in [-0.4, -0.2) is 15.9 Å². The van der Waals surface area contributed by atoms with Crippen LogP contribution in [0, 0.1) is 0 Å². The van der Waals surface area contributed by atoms with Crippen molar-refractivity contribution in [2.45, 2.75) is 19.9 Å². The highest BCUT2D eigenvalue weighted by atomic mass is 15.6. The van der Waals surface area contributed by atoms with Crippen LogP contribution in [0.2, 0.25) is 0 Å². The number of nitrogens with zero attached hydrogens (tertiary/aromatic N) is 2. The molecule has 2 rings (SSSR count). The Morgan fingerprint density at radius 3 is 2.93 bits per heavy atom. The Kier molecular flexibility index (Phi) is 2.04. The number of nitrogen functional groups attached to an aromatic ring is 1. The molecule has 0 saturated heterocycles. The number of para-hydroxylation sites is 1. The zero-order valence-corrected chi connectivity index (χ0v) is 8.36. The van der Waals surface area contributed by atoms with Crippen molar-refractivity contribution in [2.75, 3.05) is 11.2 Å². The van der Waals surface area contributed by atoms with Gasteiger partial charge in [0.05, 0.1) is 11.9 Å². The number of anilines is 1. The number of rotatable bonds is 2. The number of nitrogens with one attached hydrogen (secondary N) is 1. The highest BCUT2D eigenvalue weighted by molar-refractivity contribution is 5.89. The fourth-order valence-corrected chi connectivity index (χ4v) is 1.45. The average Bonchev–Trinajstić information content (AvgIpc) is 2.49. The van der Waals surface area contributed by atoms with Crippen molar-refractivity contribution in [3.63, 3.8) is 0 Å². The van der Waals surface area contributed by atoms with E-state index in [2.05, 4.69) is 24.4 Å². The van der Waals surface area contributed by atoms with E-state index in [1.165, 1.54) is 0 Å². The molecule has 0 fully saturated rings. The van der Waals surface area contributed by atoms with Crippen molar-refractivity contribution in [3.8, 4) is 0 Å². The van der Waals surface area contributed by atoms with Crippen LogP contribution >= 0.6 is 0 Å². The highest BCUT2D eigenvalue weighted by Gasteiger charge is 2.05. The van der Waals surface area contributed by atoms with Gasteiger partial charge in [-0.05, 0) is 19.9 Å². The van der Waals surface area contributed by atoms with Gasteiger partial charge in [-0.1, -0.05) is 12.1 Å². The van der Waals surface area contributed by atoms with Gasteiger partial charge < -0.3 is 11.2 Å². The molecule has 4 nitrogen and oxygen atoms in total. The third kappa shape index (κ3) is 1.39. The quantitative estimate of drug-likeness (QED) is 0.707. The van der Waals surface area contributed by atoms with E-state index in [9.17, 15) is 0 Å². The van der Waals surface area contributed by atoms with Crippen LogP contribution in [-0.2, 0) is 0 Å². The van der Waals surface area contributed by atoms with E-state index in [1.807, 2.05) is 18.2 Å². The van der Waals surface area contributed by atoms with Crippen LogP contribution in [0.1, 0.15) is 13.8 Å². The Morgan fingerprint density at radius 2 is 2.21 bits per heavy atom. The second-order valence-corrected chi connectivity index (χ2v) is 3.63. The lowest BCUT2D eigenvalue weighted by Gasteiger charge is -2.11. The van der Waals surface area contributed by atoms with Crippen LogP contribution < -0.4 is 11.2 Å². The second kappa shape index (κ2) is 3.21. The first-order chi connectivity index (χ1) is 6.68. The summed E-state index contributed by atoms with van der Waals surface area (Å²) in [5, 5.41) is 5.28. The molecule has 0 amide bonds. The first-order valence-corrected chi connectivity index (χ1v) is 4.67. The van der Waals surface area contributed by atoms with Crippen LogP contribution in [0.3, 0.4) is 0 Å². The summed E-state index contributed by atoms with van der Waals surface area (Å²) in [4.78, 5) is 1.73. The first kappa shape index (κ1) is 8.87. The van der Waals surface area contributed by atoms with E-state index in [0.29, 0.717) is 6.04 Å². The topological polar surface area (TPSA) is 55.9 Å². The van der Waals surface area contributed by atoms with Gasteiger partial charge in [0.15, 0.2) is 0 Å². The summed E-state index contributed by atoms with van der Waals surface area (Å²) >= 11 is 0. The Bertz CT molecular complexity index is 444. The SMILES string of the molecule is CC(C)Nn1ncc2cccc(N)c21. The van der Waals surface area contributed by atoms with Crippen LogP contribution in [0.25, 0.3) is 10.9 Å². The average molecular weight is 190 g/mol. The maximum atomic E-state index is 5.88. The van der Waals surface area contributed by atoms with Crippen molar-refractivity contribution in [1.29, 1.82) is 0 Å². The summed E-state index contributed by atoms with van der Waals surface area (Å²) in [5.41, 5.74) is 10.8. The zero-order valence-electron chi connectivity index (χ0n) is 8.36. The van der Waals surface area contributed by atoms with E-state index < -0.39 is 0 Å². The smallest absolute Gasteiger partial charge is 0.115 e. The molecule has 0 atom stereocenters. The van der Waals surface area contributed by atoms with E-state index in [-0.39, 0.29) is 0 Å². The minimum atomic E-state index is 0.331. The highest BCUT2D eigenvalue weighted by Crippen LogP contribution is 2.19. The summed E-state index contributed by atoms with van der Waals surface area (Å²) in [6, 6.07) is 6.14. The molecule has 0 spiro atoms. The molecule has 1 aromatic heterocycles. The number of hydrogen-bond acceptors (Lipinski definition) is 3. The molecule has 0 aliphatic heterocycles. The van der Waals surface area contributed by atoms with Gasteiger partial charge in [0.2, 0.25) is 0 Å². The largest absolute Gasteiger partial charge is 0.397 e. The van der Waals surface area contributed by atoms with Crippen LogP contribution in [0.15, 0.2) is 24.4 Å². The third-order valence-electron chi connectivity index (χ3n) is 2.00. The summed E-state index contributed by atoms with van der Waals surface area (Å²) in [5.74, 6) is 0. The molecule has 74 valence electrons. The van der Waals surface area contributed by atoms with Crippen molar-refractivity contribution in [2.24, 2.45) is 0 Å². The normalized spacial score (nSPS) is 11.1. The predicted octanol–water partition coefficient (Wildman–Crippen LogP) is 1.57. The van der Waals surface area contributed by atoms with Crippen molar-refractivity contribution in [1.82, 2.24) is 9.89 Å². The molecule has 1 aromatic carbocycles. The summed E-state index contributed by atoms with van der Waals surface area (Å²) in [7, 11) is 0. The Morgan fingerprint density at radius 1 is 1.43 bits per heavy atom. The molecule has 0 bridgehead atoms. The maximum Gasteiger partial charge on any atom is 0.115 e. The van der Waals surface area contributed by atoms with E-state index >= 15 is 0 Å². The lowest BCUT2D eigenvalue weighted by molar-refractivity contribution is 0.686. The molecule has 0 radical (unpaired) electrons. The van der Waals surface area contributed by atoms with Gasteiger partial charge in [0, 0.05) is 11.4 Å². The predicted molar refractivity (Wildman–Crippen MR) is 58.6 cm³/mol. The van der Waals surface area contributed by atoms with Crippen LogP contribution in [0.4, 0.5) is 5.69 Å². The van der Waals surface area contributed by atoms with Gasteiger partial charge in [-0.25, -0.2) is 0 Å². The van der Waals surface area contributed by atoms with Gasteiger partial charge in [-0.15, -0.1) is 0 Å². The molecule has 0 aliphatic rings. The zero-order chi connectivity index (χ0) is 10.1. The second-order valence-electron chi connectivity index (χ2n) is 3.63. The number of benzene rings is 1. The fourth-order valence-electron chi connectivity index (χ4n) is 1.45. The lowest BCUT2D eigenvalue weighted by Crippen LogP contribution is -2.23. The number of fused-ring (bicyclic) bond motifs is 1. The molecular formula is C10H14N4. The summed E-state index contributed by atoms with van der Waals surface area (Å²) < 4.78 is 0. The molecule has 14 heavy (non-hydrogen) atoms. The standard InChI is InChI=1S/C10H14N4/c1-7(2)13-14-10-8(6-12-14)4-3-5-9(10)11/h3-7,13H,11H2,1-2H3. The Hall–Kier alpha value is -1.71. The first-order valence-electron chi connectivity index (χ1n) is 4.67. The van der Waals surface area contributed by atoms with Crippen molar-refractivity contribution >= 4 is 16.6 Å². The molecule has 1 heterocycles. The molecule has 2 aromatic rings. The molecule has 3 N–H and O–H groups in total. The van der Waals surface area contributed by atoms with Gasteiger partial charge >= 0.3 is 0 Å². The number of aromatic nitrogens is 2. The Labute approximate surface area is 82.7 Å². The molecule has 0 unspecified atom stereocenters. The maximum absolute atomic E-state index is 5.88. The fraction of sp³-hybridized carbons (Fsp3) is 0.300. The van der Waals surface area contributed by atoms with E-state index in [1.54, 1.807) is 11.0 Å². The van der Waals surface area contributed by atoms with Crippen LogP contribution in [0.5, 0.6) is 0 Å². The van der Waals surface area contributed by atoms with Crippen molar-refractivity contribution in [3.05, 3.63) is 24.4 Å². The van der Waals surface area contributed by atoms with E-state index in [4.69, 9.17) is 5.73 Å². The molecular weight excluding hydrogens is 176 g/mol. The molecule has 0 saturated carbocycles. The minimum Gasteiger partial charge on any atom is -0.397 e. The number of hydrogen-bond donors (Lipinski definition) is 2. The van der Waals surface area contributed by atoms with Gasteiger partial charge in [-0.2, -0.15) is 9.89 Å². The van der Waals surface area contributed by atoms with Gasteiger partial charge in [-0.3, -0.25) is 0 Å². The van der Waals surface area contributed by atoms with Gasteiger partial charge in [0.25, 0.3) is 0 Å². The van der Waals surface area contributed by atoms with Crippen molar-refractivity contribution < 1.29 is 0 Å². The third-order valence-corrected chi connectivity index (χ3v) is 2.00.